The number of hydrogen-bond acceptors (Lipinski definition) is 4. The molecule has 0 aliphatic rings. The Bertz CT molecular complexity index is 435. The van der Waals surface area contributed by atoms with Crippen LogP contribution in [0.3, 0.4) is 0 Å². The zero-order chi connectivity index (χ0) is 16.4. The van der Waals surface area contributed by atoms with Gasteiger partial charge in [0.1, 0.15) is 0 Å². The van der Waals surface area contributed by atoms with Gasteiger partial charge < -0.3 is 20.7 Å². The van der Waals surface area contributed by atoms with Crippen molar-refractivity contribution in [2.75, 3.05) is 33.4 Å². The Hall–Kier alpha value is -1.43. The molecule has 0 aromatic heterocycles. The van der Waals surface area contributed by atoms with E-state index in [0.29, 0.717) is 26.2 Å². The van der Waals surface area contributed by atoms with Crippen molar-refractivity contribution in [3.8, 4) is 0 Å². The van der Waals surface area contributed by atoms with Crippen molar-refractivity contribution >= 4 is 5.91 Å². The summed E-state index contributed by atoms with van der Waals surface area (Å²) in [4.78, 5) is 11.8. The van der Waals surface area contributed by atoms with E-state index in [4.69, 9.17) is 4.74 Å². The molecule has 0 spiro atoms. The molecule has 0 heterocycles. The summed E-state index contributed by atoms with van der Waals surface area (Å²) in [7, 11) is 1.64. The van der Waals surface area contributed by atoms with Gasteiger partial charge >= 0.3 is 0 Å². The van der Waals surface area contributed by atoms with Crippen LogP contribution in [0.1, 0.15) is 32.4 Å². The van der Waals surface area contributed by atoms with Crippen molar-refractivity contribution in [1.82, 2.24) is 16.0 Å². The molecule has 0 saturated heterocycles. The first kappa shape index (κ1) is 18.6. The first-order valence-electron chi connectivity index (χ1n) is 7.73. The van der Waals surface area contributed by atoms with Crippen LogP contribution in [-0.4, -0.2) is 44.8 Å². The molecule has 1 unspecified atom stereocenters. The second-order valence-corrected chi connectivity index (χ2v) is 6.11. The topological polar surface area (TPSA) is 62.4 Å². The van der Waals surface area contributed by atoms with Crippen molar-refractivity contribution in [3.05, 3.63) is 35.9 Å². The number of nitrogens with one attached hydrogen (secondary N) is 3. The van der Waals surface area contributed by atoms with Gasteiger partial charge in [-0.1, -0.05) is 30.3 Å². The Balaban J connectivity index is 2.32. The van der Waals surface area contributed by atoms with E-state index in [9.17, 15) is 4.79 Å². The summed E-state index contributed by atoms with van der Waals surface area (Å²) in [6.45, 7) is 8.48. The Labute approximate surface area is 133 Å². The average Bonchev–Trinajstić information content (AvgIpc) is 2.50. The fourth-order valence-electron chi connectivity index (χ4n) is 2.22. The summed E-state index contributed by atoms with van der Waals surface area (Å²) >= 11 is 0. The molecule has 1 aromatic rings. The van der Waals surface area contributed by atoms with Crippen molar-refractivity contribution < 1.29 is 9.53 Å². The number of carbonyl (C=O) groups is 1. The molecule has 0 aliphatic heterocycles. The van der Waals surface area contributed by atoms with Crippen LogP contribution in [0.25, 0.3) is 0 Å². The zero-order valence-electron chi connectivity index (χ0n) is 14.1. The van der Waals surface area contributed by atoms with E-state index in [1.165, 1.54) is 5.56 Å². The maximum Gasteiger partial charge on any atom is 0.234 e. The summed E-state index contributed by atoms with van der Waals surface area (Å²) in [5.41, 5.74) is 1.06. The lowest BCUT2D eigenvalue weighted by atomic mass is 10.0. The molecule has 3 N–H and O–H groups in total. The van der Waals surface area contributed by atoms with Crippen molar-refractivity contribution in [2.45, 2.75) is 32.4 Å². The summed E-state index contributed by atoms with van der Waals surface area (Å²) in [6, 6.07) is 10.5. The van der Waals surface area contributed by atoms with Crippen LogP contribution in [-0.2, 0) is 9.53 Å². The maximum absolute atomic E-state index is 11.8. The Morgan fingerprint density at radius 3 is 2.59 bits per heavy atom. The van der Waals surface area contributed by atoms with E-state index >= 15 is 0 Å². The molecule has 5 nitrogen and oxygen atoms in total. The molecule has 22 heavy (non-hydrogen) atoms. The van der Waals surface area contributed by atoms with Gasteiger partial charge in [-0.3, -0.25) is 4.79 Å². The van der Waals surface area contributed by atoms with Gasteiger partial charge in [-0.2, -0.15) is 0 Å². The molecule has 0 radical (unpaired) electrons. The van der Waals surface area contributed by atoms with Crippen molar-refractivity contribution in [1.29, 1.82) is 0 Å². The smallest absolute Gasteiger partial charge is 0.234 e. The highest BCUT2D eigenvalue weighted by atomic mass is 16.5. The van der Waals surface area contributed by atoms with Gasteiger partial charge in [0.15, 0.2) is 0 Å². The summed E-state index contributed by atoms with van der Waals surface area (Å²) in [5, 5.41) is 9.53. The first-order valence-corrected chi connectivity index (χ1v) is 7.73. The van der Waals surface area contributed by atoms with E-state index in [0.717, 1.165) is 0 Å². The molecule has 1 aromatic carbocycles. The van der Waals surface area contributed by atoms with Crippen LogP contribution in [0.15, 0.2) is 30.3 Å². The molecule has 5 heteroatoms. The minimum Gasteiger partial charge on any atom is -0.383 e. The van der Waals surface area contributed by atoms with Gasteiger partial charge in [0.05, 0.1) is 13.2 Å². The molecule has 0 saturated carbocycles. The van der Waals surface area contributed by atoms with E-state index in [2.05, 4.69) is 48.9 Å². The van der Waals surface area contributed by atoms with Gasteiger partial charge in [-0.05, 0) is 26.3 Å². The molecule has 124 valence electrons. The third kappa shape index (κ3) is 7.54. The highest BCUT2D eigenvalue weighted by Gasteiger charge is 2.21. The van der Waals surface area contributed by atoms with Crippen LogP contribution in [0.2, 0.25) is 0 Å². The van der Waals surface area contributed by atoms with Crippen LogP contribution >= 0.6 is 0 Å². The van der Waals surface area contributed by atoms with Crippen molar-refractivity contribution in [3.63, 3.8) is 0 Å². The lowest BCUT2D eigenvalue weighted by molar-refractivity contribution is -0.120. The largest absolute Gasteiger partial charge is 0.383 e. The number of carbonyl (C=O) groups excluding carboxylic acids is 1. The average molecular weight is 307 g/mol. The van der Waals surface area contributed by atoms with Crippen LogP contribution in [0, 0.1) is 0 Å². The van der Waals surface area contributed by atoms with E-state index in [1.807, 2.05) is 18.2 Å². The van der Waals surface area contributed by atoms with Gasteiger partial charge in [0, 0.05) is 31.8 Å². The lowest BCUT2D eigenvalue weighted by Crippen LogP contribution is -2.51. The number of amides is 1. The van der Waals surface area contributed by atoms with Gasteiger partial charge in [-0.15, -0.1) is 0 Å². The number of benzene rings is 1. The van der Waals surface area contributed by atoms with Crippen LogP contribution < -0.4 is 16.0 Å². The molecule has 0 fully saturated rings. The zero-order valence-corrected chi connectivity index (χ0v) is 14.1. The molecule has 0 aliphatic carbocycles. The van der Waals surface area contributed by atoms with Gasteiger partial charge in [0.25, 0.3) is 0 Å². The molecule has 1 rings (SSSR count). The monoisotopic (exact) mass is 307 g/mol. The number of ether oxygens (including phenoxy) is 1. The lowest BCUT2D eigenvalue weighted by Gasteiger charge is -2.31. The fourth-order valence-corrected chi connectivity index (χ4v) is 2.22. The van der Waals surface area contributed by atoms with E-state index in [-0.39, 0.29) is 17.5 Å². The van der Waals surface area contributed by atoms with Crippen LogP contribution in [0.4, 0.5) is 0 Å². The summed E-state index contributed by atoms with van der Waals surface area (Å²) in [6.07, 6.45) is 0. The van der Waals surface area contributed by atoms with Gasteiger partial charge in [0.2, 0.25) is 5.91 Å². The first-order chi connectivity index (χ1) is 10.4. The van der Waals surface area contributed by atoms with Crippen LogP contribution in [0.5, 0.6) is 0 Å². The maximum atomic E-state index is 11.8. The Morgan fingerprint density at radius 2 is 1.95 bits per heavy atom. The predicted octanol–water partition coefficient (Wildman–Crippen LogP) is 1.47. The van der Waals surface area contributed by atoms with Crippen molar-refractivity contribution in [2.24, 2.45) is 0 Å². The molecule has 1 atom stereocenters. The minimum atomic E-state index is -0.183. The predicted molar refractivity (Wildman–Crippen MR) is 89.8 cm³/mol. The van der Waals surface area contributed by atoms with E-state index in [1.54, 1.807) is 7.11 Å². The number of methoxy groups -OCH3 is 1. The second-order valence-electron chi connectivity index (χ2n) is 6.11. The summed E-state index contributed by atoms with van der Waals surface area (Å²) in [5.74, 6) is -0.00153. The highest BCUT2D eigenvalue weighted by molar-refractivity contribution is 5.78. The molecular weight excluding hydrogens is 278 g/mol. The summed E-state index contributed by atoms with van der Waals surface area (Å²) < 4.78 is 4.92. The Morgan fingerprint density at radius 1 is 1.27 bits per heavy atom. The SMILES string of the molecule is COCCNCC(=O)NCC(C)(C)NC(C)c1ccccc1. The minimum absolute atomic E-state index is 0.00153. The fraction of sp³-hybridized carbons (Fsp3) is 0.588. The second kappa shape index (κ2) is 9.56. The normalized spacial score (nSPS) is 12.9. The quantitative estimate of drug-likeness (QED) is 0.573. The van der Waals surface area contributed by atoms with E-state index < -0.39 is 0 Å². The number of hydrogen-bond donors (Lipinski definition) is 3. The third-order valence-corrected chi connectivity index (χ3v) is 3.40. The number of rotatable bonds is 10. The third-order valence-electron chi connectivity index (χ3n) is 3.40. The standard InChI is InChI=1S/C17H29N3O2/c1-14(15-8-6-5-7-9-15)20-17(2,3)13-19-16(21)12-18-10-11-22-4/h5-9,14,18,20H,10-13H2,1-4H3,(H,19,21). The molecule has 1 amide bonds. The molecule has 0 bridgehead atoms. The molecular formula is C17H29N3O2. The highest BCUT2D eigenvalue weighted by Crippen LogP contribution is 2.15. The van der Waals surface area contributed by atoms with Gasteiger partial charge in [-0.25, -0.2) is 0 Å². The Kier molecular flexibility index (Phi) is 8.09.